The minimum absolute atomic E-state index is 0.160. The number of hydrogen-bond acceptors (Lipinski definition) is 3. The maximum absolute atomic E-state index is 13.1. The number of rotatable bonds is 4. The van der Waals surface area contributed by atoms with Gasteiger partial charge in [-0.15, -0.1) is 0 Å². The largest absolute Gasteiger partial charge is 0.444 e. The second kappa shape index (κ2) is 6.96. The molecule has 1 amide bonds. The summed E-state index contributed by atoms with van der Waals surface area (Å²) in [6.45, 7) is 6.22. The Morgan fingerprint density at radius 2 is 2.05 bits per heavy atom. The van der Waals surface area contributed by atoms with Crippen LogP contribution in [0.5, 0.6) is 0 Å². The van der Waals surface area contributed by atoms with Crippen LogP contribution in [0.2, 0.25) is 0 Å². The van der Waals surface area contributed by atoms with Crippen LogP contribution in [-0.2, 0) is 11.3 Å². The van der Waals surface area contributed by atoms with Crippen molar-refractivity contribution in [3.05, 3.63) is 34.1 Å². The first-order chi connectivity index (χ1) is 10.2. The van der Waals surface area contributed by atoms with Crippen LogP contribution in [0.4, 0.5) is 9.18 Å². The summed E-state index contributed by atoms with van der Waals surface area (Å²) in [6, 6.07) is 5.52. The number of benzene rings is 1. The zero-order valence-electron chi connectivity index (χ0n) is 13.1. The molecule has 0 unspecified atom stereocenters. The quantitative estimate of drug-likeness (QED) is 0.846. The van der Waals surface area contributed by atoms with E-state index in [-0.39, 0.29) is 18.0 Å². The van der Waals surface area contributed by atoms with Crippen LogP contribution in [0, 0.1) is 5.82 Å². The number of ether oxygens (including phenoxy) is 1. The SMILES string of the molecule is CC(C)(C)OC(=O)NC1CC(NCc2ccc(F)c(Br)c2)C1. The van der Waals surface area contributed by atoms with Crippen molar-refractivity contribution < 1.29 is 13.9 Å². The molecule has 6 heteroatoms. The highest BCUT2D eigenvalue weighted by atomic mass is 79.9. The standard InChI is InChI=1S/C16H22BrFN2O2/c1-16(2,3)22-15(21)20-12-7-11(8-12)19-9-10-4-5-14(18)13(17)6-10/h4-6,11-12,19H,7-9H2,1-3H3,(H,20,21). The zero-order valence-corrected chi connectivity index (χ0v) is 14.7. The van der Waals surface area contributed by atoms with Crippen LogP contribution < -0.4 is 10.6 Å². The third-order valence-corrected chi connectivity index (χ3v) is 4.05. The summed E-state index contributed by atoms with van der Waals surface area (Å²) in [4.78, 5) is 11.6. The van der Waals surface area contributed by atoms with E-state index < -0.39 is 5.60 Å². The maximum Gasteiger partial charge on any atom is 0.407 e. The summed E-state index contributed by atoms with van der Waals surface area (Å²) in [6.07, 6.45) is 1.39. The van der Waals surface area contributed by atoms with E-state index in [0.717, 1.165) is 18.4 Å². The highest BCUT2D eigenvalue weighted by Gasteiger charge is 2.31. The topological polar surface area (TPSA) is 50.4 Å². The van der Waals surface area contributed by atoms with Gasteiger partial charge in [0, 0.05) is 18.6 Å². The van der Waals surface area contributed by atoms with E-state index in [1.165, 1.54) is 6.07 Å². The van der Waals surface area contributed by atoms with Crippen molar-refractivity contribution >= 4 is 22.0 Å². The molecule has 1 fully saturated rings. The van der Waals surface area contributed by atoms with Crippen molar-refractivity contribution in [3.8, 4) is 0 Å². The van der Waals surface area contributed by atoms with Gasteiger partial charge in [0.2, 0.25) is 0 Å². The van der Waals surface area contributed by atoms with Gasteiger partial charge < -0.3 is 15.4 Å². The predicted octanol–water partition coefficient (Wildman–Crippen LogP) is 3.73. The van der Waals surface area contributed by atoms with Crippen LogP contribution in [0.3, 0.4) is 0 Å². The fraction of sp³-hybridized carbons (Fsp3) is 0.562. The monoisotopic (exact) mass is 372 g/mol. The fourth-order valence-corrected chi connectivity index (χ4v) is 2.71. The number of nitrogens with one attached hydrogen (secondary N) is 2. The maximum atomic E-state index is 13.1. The molecule has 1 aliphatic rings. The van der Waals surface area contributed by atoms with E-state index in [1.54, 1.807) is 12.1 Å². The van der Waals surface area contributed by atoms with Gasteiger partial charge in [0.05, 0.1) is 4.47 Å². The molecule has 1 aromatic carbocycles. The first kappa shape index (κ1) is 17.2. The minimum Gasteiger partial charge on any atom is -0.444 e. The Kier molecular flexibility index (Phi) is 5.45. The molecule has 2 rings (SSSR count). The van der Waals surface area contributed by atoms with Gasteiger partial charge in [-0.1, -0.05) is 6.07 Å². The Bertz CT molecular complexity index is 539. The molecule has 0 aliphatic heterocycles. The predicted molar refractivity (Wildman–Crippen MR) is 87.1 cm³/mol. The second-order valence-electron chi connectivity index (χ2n) is 6.64. The van der Waals surface area contributed by atoms with Gasteiger partial charge in [-0.2, -0.15) is 0 Å². The van der Waals surface area contributed by atoms with Crippen molar-refractivity contribution in [3.63, 3.8) is 0 Å². The Balaban J connectivity index is 1.67. The molecule has 0 spiro atoms. The minimum atomic E-state index is -0.471. The summed E-state index contributed by atoms with van der Waals surface area (Å²) < 4.78 is 18.8. The lowest BCUT2D eigenvalue weighted by atomic mass is 9.87. The molecule has 122 valence electrons. The van der Waals surface area contributed by atoms with Crippen LogP contribution >= 0.6 is 15.9 Å². The second-order valence-corrected chi connectivity index (χ2v) is 7.50. The molecule has 4 nitrogen and oxygen atoms in total. The van der Waals surface area contributed by atoms with Gasteiger partial charge in [0.15, 0.2) is 0 Å². The summed E-state index contributed by atoms with van der Waals surface area (Å²) in [5.74, 6) is -0.256. The van der Waals surface area contributed by atoms with Crippen molar-refractivity contribution in [2.24, 2.45) is 0 Å². The summed E-state index contributed by atoms with van der Waals surface area (Å²) in [5.41, 5.74) is 0.554. The number of amides is 1. The number of carbonyl (C=O) groups excluding carboxylic acids is 1. The zero-order chi connectivity index (χ0) is 16.3. The van der Waals surface area contributed by atoms with Gasteiger partial charge in [-0.05, 0) is 67.2 Å². The molecule has 22 heavy (non-hydrogen) atoms. The van der Waals surface area contributed by atoms with Gasteiger partial charge in [-0.3, -0.25) is 0 Å². The first-order valence-corrected chi connectivity index (χ1v) is 8.19. The van der Waals surface area contributed by atoms with E-state index in [0.29, 0.717) is 17.1 Å². The van der Waals surface area contributed by atoms with Crippen molar-refractivity contribution in [2.45, 2.75) is 57.8 Å². The van der Waals surface area contributed by atoms with Crippen LogP contribution in [-0.4, -0.2) is 23.8 Å². The molecule has 1 aliphatic carbocycles. The lowest BCUT2D eigenvalue weighted by Gasteiger charge is -2.36. The number of hydrogen-bond donors (Lipinski definition) is 2. The normalized spacial score (nSPS) is 21.1. The van der Waals surface area contributed by atoms with Gasteiger partial charge >= 0.3 is 6.09 Å². The van der Waals surface area contributed by atoms with E-state index in [9.17, 15) is 9.18 Å². The summed E-state index contributed by atoms with van der Waals surface area (Å²) in [5, 5.41) is 6.26. The van der Waals surface area contributed by atoms with Crippen molar-refractivity contribution in [1.82, 2.24) is 10.6 Å². The van der Waals surface area contributed by atoms with Gasteiger partial charge in [0.1, 0.15) is 11.4 Å². The molecule has 2 N–H and O–H groups in total. The van der Waals surface area contributed by atoms with Crippen LogP contribution in [0.25, 0.3) is 0 Å². The highest BCUT2D eigenvalue weighted by molar-refractivity contribution is 9.10. The molecule has 0 saturated heterocycles. The molecule has 0 bridgehead atoms. The van der Waals surface area contributed by atoms with E-state index >= 15 is 0 Å². The number of alkyl carbamates (subject to hydrolysis) is 1. The molecule has 0 atom stereocenters. The van der Waals surface area contributed by atoms with Gasteiger partial charge in [-0.25, -0.2) is 9.18 Å². The molecular weight excluding hydrogens is 351 g/mol. The Labute approximate surface area is 138 Å². The molecule has 0 aromatic heterocycles. The first-order valence-electron chi connectivity index (χ1n) is 7.40. The van der Waals surface area contributed by atoms with Crippen LogP contribution in [0.15, 0.2) is 22.7 Å². The van der Waals surface area contributed by atoms with E-state index in [1.807, 2.05) is 20.8 Å². The van der Waals surface area contributed by atoms with E-state index in [2.05, 4.69) is 26.6 Å². The lowest BCUT2D eigenvalue weighted by Crippen LogP contribution is -2.52. The smallest absolute Gasteiger partial charge is 0.407 e. The van der Waals surface area contributed by atoms with Crippen molar-refractivity contribution in [1.29, 1.82) is 0 Å². The highest BCUT2D eigenvalue weighted by Crippen LogP contribution is 2.22. The molecule has 0 radical (unpaired) electrons. The molecular formula is C16H22BrFN2O2. The Morgan fingerprint density at radius 1 is 1.36 bits per heavy atom. The van der Waals surface area contributed by atoms with Gasteiger partial charge in [0.25, 0.3) is 0 Å². The molecule has 1 saturated carbocycles. The summed E-state index contributed by atoms with van der Waals surface area (Å²) in [7, 11) is 0. The summed E-state index contributed by atoms with van der Waals surface area (Å²) >= 11 is 3.18. The van der Waals surface area contributed by atoms with E-state index in [4.69, 9.17) is 4.74 Å². The molecule has 1 aromatic rings. The fourth-order valence-electron chi connectivity index (χ4n) is 2.29. The Morgan fingerprint density at radius 3 is 2.64 bits per heavy atom. The lowest BCUT2D eigenvalue weighted by molar-refractivity contribution is 0.0465. The number of carbonyl (C=O) groups is 1. The van der Waals surface area contributed by atoms with Crippen LogP contribution in [0.1, 0.15) is 39.2 Å². The number of halogens is 2. The van der Waals surface area contributed by atoms with Crippen molar-refractivity contribution in [2.75, 3.05) is 0 Å². The third-order valence-electron chi connectivity index (χ3n) is 3.44. The average Bonchev–Trinajstić information content (AvgIpc) is 2.33. The Hall–Kier alpha value is -1.14. The average molecular weight is 373 g/mol. The molecule has 0 heterocycles. The third kappa shape index (κ3) is 5.25.